The van der Waals surface area contributed by atoms with E-state index in [-0.39, 0.29) is 12.0 Å². The van der Waals surface area contributed by atoms with Crippen molar-refractivity contribution < 1.29 is 9.53 Å². The predicted octanol–water partition coefficient (Wildman–Crippen LogP) is 4.11. The number of rotatable bonds is 7. The smallest absolute Gasteiger partial charge is 0.224 e. The van der Waals surface area contributed by atoms with Crippen molar-refractivity contribution in [2.45, 2.75) is 39.2 Å². The van der Waals surface area contributed by atoms with Gasteiger partial charge in [-0.2, -0.15) is 0 Å². The Morgan fingerprint density at radius 1 is 1.40 bits per heavy atom. The van der Waals surface area contributed by atoms with Crippen LogP contribution in [0.2, 0.25) is 10.0 Å². The summed E-state index contributed by atoms with van der Waals surface area (Å²) in [5.74, 6) is -0.147. The first-order chi connectivity index (χ1) is 9.43. The lowest BCUT2D eigenvalue weighted by Gasteiger charge is -2.12. The summed E-state index contributed by atoms with van der Waals surface area (Å²) < 4.78 is 5.51. The van der Waals surface area contributed by atoms with Gasteiger partial charge in [-0.3, -0.25) is 4.79 Å². The van der Waals surface area contributed by atoms with E-state index in [2.05, 4.69) is 12.2 Å². The highest BCUT2D eigenvalue weighted by molar-refractivity contribution is 6.40. The fraction of sp³-hybridized carbons (Fsp3) is 0.500. The van der Waals surface area contributed by atoms with Crippen molar-refractivity contribution in [3.63, 3.8) is 0 Å². The van der Waals surface area contributed by atoms with Crippen molar-refractivity contribution in [3.05, 3.63) is 22.2 Å². The highest BCUT2D eigenvalue weighted by Crippen LogP contribution is 2.32. The highest BCUT2D eigenvalue weighted by atomic mass is 35.5. The molecule has 1 unspecified atom stereocenters. The van der Waals surface area contributed by atoms with Crippen LogP contribution in [0.1, 0.15) is 33.1 Å². The van der Waals surface area contributed by atoms with Gasteiger partial charge in [0.15, 0.2) is 0 Å². The van der Waals surface area contributed by atoms with Crippen LogP contribution in [0.25, 0.3) is 0 Å². The van der Waals surface area contributed by atoms with E-state index in [9.17, 15) is 4.79 Å². The molecule has 0 aliphatic heterocycles. The van der Waals surface area contributed by atoms with Crippen molar-refractivity contribution in [1.29, 1.82) is 0 Å². The molecule has 4 nitrogen and oxygen atoms in total. The molecule has 6 heteroatoms. The molecule has 20 heavy (non-hydrogen) atoms. The molecular weight excluding hydrogens is 299 g/mol. The summed E-state index contributed by atoms with van der Waals surface area (Å²) >= 11 is 12.0. The fourth-order valence-electron chi connectivity index (χ4n) is 1.55. The Kier molecular flexibility index (Phi) is 7.13. The maximum Gasteiger partial charge on any atom is 0.224 e. The third-order valence-electron chi connectivity index (χ3n) is 2.85. The zero-order chi connectivity index (χ0) is 15.1. The third kappa shape index (κ3) is 5.57. The van der Waals surface area contributed by atoms with Crippen LogP contribution in [0, 0.1) is 0 Å². The number of nitrogens with one attached hydrogen (secondary N) is 1. The number of carbonyl (C=O) groups is 1. The van der Waals surface area contributed by atoms with E-state index in [1.807, 2.05) is 6.92 Å². The molecule has 0 fully saturated rings. The van der Waals surface area contributed by atoms with Gasteiger partial charge in [-0.05, 0) is 31.9 Å². The largest absolute Gasteiger partial charge is 0.399 e. The monoisotopic (exact) mass is 318 g/mol. The Bertz CT molecular complexity index is 443. The average molecular weight is 319 g/mol. The predicted molar refractivity (Wildman–Crippen MR) is 84.4 cm³/mol. The number of nitrogen functional groups attached to an aromatic ring is 1. The van der Waals surface area contributed by atoms with Crippen LogP contribution < -0.4 is 11.1 Å². The molecule has 0 aromatic heterocycles. The quantitative estimate of drug-likeness (QED) is 0.587. The van der Waals surface area contributed by atoms with Crippen LogP contribution in [0.15, 0.2) is 12.1 Å². The second kappa shape index (κ2) is 8.35. The van der Waals surface area contributed by atoms with E-state index in [1.165, 1.54) is 0 Å². The molecular formula is C14H20Cl2N2O2. The first-order valence-electron chi connectivity index (χ1n) is 6.60. The minimum atomic E-state index is -0.147. The van der Waals surface area contributed by atoms with Crippen LogP contribution in [0.4, 0.5) is 11.4 Å². The first-order valence-corrected chi connectivity index (χ1v) is 7.35. The second-order valence-electron chi connectivity index (χ2n) is 4.60. The minimum absolute atomic E-state index is 0.147. The summed E-state index contributed by atoms with van der Waals surface area (Å²) in [6.07, 6.45) is 2.19. The molecule has 0 bridgehead atoms. The Labute approximate surface area is 129 Å². The molecule has 1 amide bonds. The van der Waals surface area contributed by atoms with E-state index < -0.39 is 0 Å². The van der Waals surface area contributed by atoms with Crippen LogP contribution in [0.5, 0.6) is 0 Å². The van der Waals surface area contributed by atoms with E-state index in [0.717, 1.165) is 6.42 Å². The normalized spacial score (nSPS) is 12.2. The lowest BCUT2D eigenvalue weighted by atomic mass is 10.2. The summed E-state index contributed by atoms with van der Waals surface area (Å²) in [4.78, 5) is 11.8. The van der Waals surface area contributed by atoms with Crippen molar-refractivity contribution in [3.8, 4) is 0 Å². The number of halogens is 2. The molecule has 1 aromatic carbocycles. The number of hydrogen-bond acceptors (Lipinski definition) is 3. The standard InChI is InChI=1S/C14H20Cl2N2O2/c1-3-9(2)20-6-4-5-13(19)18-14-11(15)7-10(17)8-12(14)16/h7-9H,3-6,17H2,1-2H3,(H,18,19). The van der Waals surface area contributed by atoms with Gasteiger partial charge in [0.25, 0.3) is 0 Å². The van der Waals surface area contributed by atoms with E-state index in [4.69, 9.17) is 33.7 Å². The van der Waals surface area contributed by atoms with Gasteiger partial charge in [0.1, 0.15) is 0 Å². The molecule has 1 aromatic rings. The number of carbonyl (C=O) groups excluding carboxylic acids is 1. The van der Waals surface area contributed by atoms with E-state index in [0.29, 0.717) is 40.9 Å². The third-order valence-corrected chi connectivity index (χ3v) is 3.45. The van der Waals surface area contributed by atoms with E-state index >= 15 is 0 Å². The molecule has 0 radical (unpaired) electrons. The summed E-state index contributed by atoms with van der Waals surface area (Å²) in [6, 6.07) is 3.10. The van der Waals surface area contributed by atoms with Crippen LogP contribution in [0.3, 0.4) is 0 Å². The lowest BCUT2D eigenvalue weighted by molar-refractivity contribution is -0.116. The van der Waals surface area contributed by atoms with E-state index in [1.54, 1.807) is 12.1 Å². The van der Waals surface area contributed by atoms with Crippen molar-refractivity contribution in [2.24, 2.45) is 0 Å². The number of hydrogen-bond donors (Lipinski definition) is 2. The molecule has 0 aliphatic carbocycles. The molecule has 3 N–H and O–H groups in total. The zero-order valence-electron chi connectivity index (χ0n) is 11.7. The Balaban J connectivity index is 2.43. The maximum atomic E-state index is 11.8. The van der Waals surface area contributed by atoms with Gasteiger partial charge in [0, 0.05) is 18.7 Å². The minimum Gasteiger partial charge on any atom is -0.399 e. The molecule has 112 valence electrons. The van der Waals surface area contributed by atoms with Gasteiger partial charge in [0.05, 0.1) is 21.8 Å². The number of benzene rings is 1. The second-order valence-corrected chi connectivity index (χ2v) is 5.42. The number of ether oxygens (including phenoxy) is 1. The van der Waals surface area contributed by atoms with Crippen LogP contribution in [-0.4, -0.2) is 18.6 Å². The molecule has 0 saturated carbocycles. The maximum absolute atomic E-state index is 11.8. The van der Waals surface area contributed by atoms with Crippen molar-refractivity contribution in [1.82, 2.24) is 0 Å². The van der Waals surface area contributed by atoms with Gasteiger partial charge in [-0.1, -0.05) is 30.1 Å². The molecule has 1 atom stereocenters. The molecule has 0 saturated heterocycles. The van der Waals surface area contributed by atoms with Crippen LogP contribution >= 0.6 is 23.2 Å². The first kappa shape index (κ1) is 17.1. The molecule has 0 aliphatic rings. The number of anilines is 2. The fourth-order valence-corrected chi connectivity index (χ4v) is 2.15. The average Bonchev–Trinajstić information content (AvgIpc) is 2.38. The number of amides is 1. The SMILES string of the molecule is CCC(C)OCCCC(=O)Nc1c(Cl)cc(N)cc1Cl. The number of nitrogens with two attached hydrogens (primary N) is 1. The van der Waals surface area contributed by atoms with Crippen LogP contribution in [-0.2, 0) is 9.53 Å². The summed E-state index contributed by atoms with van der Waals surface area (Å²) in [5, 5.41) is 3.36. The Morgan fingerprint density at radius 2 is 2.00 bits per heavy atom. The molecule has 1 rings (SSSR count). The van der Waals surface area contributed by atoms with Gasteiger partial charge in [-0.15, -0.1) is 0 Å². The van der Waals surface area contributed by atoms with Gasteiger partial charge in [0.2, 0.25) is 5.91 Å². The molecule has 0 spiro atoms. The van der Waals surface area contributed by atoms with Crippen molar-refractivity contribution in [2.75, 3.05) is 17.7 Å². The Morgan fingerprint density at radius 3 is 2.55 bits per heavy atom. The summed E-state index contributed by atoms with van der Waals surface area (Å²) in [5.41, 5.74) is 6.46. The zero-order valence-corrected chi connectivity index (χ0v) is 13.2. The van der Waals surface area contributed by atoms with Gasteiger partial charge in [-0.25, -0.2) is 0 Å². The topological polar surface area (TPSA) is 64.3 Å². The Hall–Kier alpha value is -0.970. The summed E-state index contributed by atoms with van der Waals surface area (Å²) in [7, 11) is 0. The summed E-state index contributed by atoms with van der Waals surface area (Å²) in [6.45, 7) is 4.63. The lowest BCUT2D eigenvalue weighted by Crippen LogP contribution is -2.14. The van der Waals surface area contributed by atoms with Gasteiger partial charge < -0.3 is 15.8 Å². The van der Waals surface area contributed by atoms with Gasteiger partial charge >= 0.3 is 0 Å². The molecule has 0 heterocycles. The van der Waals surface area contributed by atoms with Crippen molar-refractivity contribution >= 4 is 40.5 Å². The highest BCUT2D eigenvalue weighted by Gasteiger charge is 2.11.